The topological polar surface area (TPSA) is 45.9 Å². The maximum absolute atomic E-state index is 9.21. The summed E-state index contributed by atoms with van der Waals surface area (Å²) >= 11 is 5.96. The molecule has 0 atom stereocenters. The zero-order chi connectivity index (χ0) is 15.4. The Labute approximate surface area is 133 Å². The van der Waals surface area contributed by atoms with E-state index in [0.717, 1.165) is 22.6 Å². The summed E-state index contributed by atoms with van der Waals surface area (Å²) in [6.45, 7) is 0. The van der Waals surface area contributed by atoms with Gasteiger partial charge in [-0.2, -0.15) is 5.26 Å². The van der Waals surface area contributed by atoms with Gasteiger partial charge in [0.1, 0.15) is 22.7 Å². The van der Waals surface area contributed by atoms with Crippen molar-refractivity contribution >= 4 is 11.6 Å². The fourth-order valence-corrected chi connectivity index (χ4v) is 2.31. The maximum Gasteiger partial charge on any atom is 0.147 e. The third-order valence-electron chi connectivity index (χ3n) is 3.16. The highest BCUT2D eigenvalue weighted by Crippen LogP contribution is 2.29. The molecule has 106 valence electrons. The molecule has 1 heterocycles. The second-order valence-corrected chi connectivity index (χ2v) is 4.93. The third-order valence-corrected chi connectivity index (χ3v) is 3.45. The van der Waals surface area contributed by atoms with Gasteiger partial charge in [-0.3, -0.25) is 0 Å². The van der Waals surface area contributed by atoms with Crippen LogP contribution in [0.2, 0.25) is 5.15 Å². The van der Waals surface area contributed by atoms with E-state index in [-0.39, 0.29) is 5.15 Å². The minimum atomic E-state index is 0.213. The molecule has 2 aromatic carbocycles. The standard InChI is InChI=1S/C18H11ClN2O/c19-18-17(12-20)16(10-11-21-18)13-6-8-15(9-7-13)22-14-4-2-1-3-5-14/h1-11H. The average molecular weight is 307 g/mol. The van der Waals surface area contributed by atoms with Crippen molar-refractivity contribution in [2.75, 3.05) is 0 Å². The Hall–Kier alpha value is -2.83. The quantitative estimate of drug-likeness (QED) is 0.635. The molecule has 3 rings (SSSR count). The maximum atomic E-state index is 9.21. The lowest BCUT2D eigenvalue weighted by Gasteiger charge is -2.08. The lowest BCUT2D eigenvalue weighted by atomic mass is 10.0. The van der Waals surface area contributed by atoms with Crippen molar-refractivity contribution < 1.29 is 4.74 Å². The van der Waals surface area contributed by atoms with Crippen molar-refractivity contribution in [3.63, 3.8) is 0 Å². The van der Waals surface area contributed by atoms with Crippen LogP contribution in [0.5, 0.6) is 11.5 Å². The van der Waals surface area contributed by atoms with E-state index in [1.165, 1.54) is 0 Å². The first-order valence-electron chi connectivity index (χ1n) is 6.66. The van der Waals surface area contributed by atoms with E-state index in [4.69, 9.17) is 16.3 Å². The van der Waals surface area contributed by atoms with Gasteiger partial charge in [-0.15, -0.1) is 0 Å². The number of nitriles is 1. The smallest absolute Gasteiger partial charge is 0.147 e. The molecule has 0 aliphatic heterocycles. The zero-order valence-corrected chi connectivity index (χ0v) is 12.3. The molecule has 0 aliphatic rings. The first-order valence-corrected chi connectivity index (χ1v) is 7.03. The lowest BCUT2D eigenvalue weighted by molar-refractivity contribution is 0.483. The van der Waals surface area contributed by atoms with Gasteiger partial charge in [0.25, 0.3) is 0 Å². The Morgan fingerprint density at radius 2 is 1.59 bits per heavy atom. The summed E-state index contributed by atoms with van der Waals surface area (Å²) in [5.74, 6) is 1.51. The number of nitrogens with zero attached hydrogens (tertiary/aromatic N) is 2. The summed E-state index contributed by atoms with van der Waals surface area (Å²) < 4.78 is 5.75. The molecule has 0 bridgehead atoms. The molecule has 0 radical (unpaired) electrons. The van der Waals surface area contributed by atoms with Gasteiger partial charge in [-0.05, 0) is 35.9 Å². The number of rotatable bonds is 3. The van der Waals surface area contributed by atoms with Crippen LogP contribution in [0.25, 0.3) is 11.1 Å². The Kier molecular flexibility index (Phi) is 4.04. The monoisotopic (exact) mass is 306 g/mol. The highest BCUT2D eigenvalue weighted by molar-refractivity contribution is 6.31. The van der Waals surface area contributed by atoms with Gasteiger partial charge in [-0.1, -0.05) is 41.9 Å². The predicted molar refractivity (Wildman–Crippen MR) is 85.9 cm³/mol. The van der Waals surface area contributed by atoms with E-state index in [0.29, 0.717) is 5.56 Å². The minimum Gasteiger partial charge on any atom is -0.457 e. The van der Waals surface area contributed by atoms with Gasteiger partial charge in [-0.25, -0.2) is 4.98 Å². The van der Waals surface area contributed by atoms with Crippen molar-refractivity contribution in [1.29, 1.82) is 5.26 Å². The number of hydrogen-bond acceptors (Lipinski definition) is 3. The molecule has 0 amide bonds. The number of hydrogen-bond donors (Lipinski definition) is 0. The summed E-state index contributed by atoms with van der Waals surface area (Å²) in [6.07, 6.45) is 1.59. The molecule has 0 saturated carbocycles. The van der Waals surface area contributed by atoms with Crippen molar-refractivity contribution in [1.82, 2.24) is 4.98 Å². The van der Waals surface area contributed by atoms with Crippen LogP contribution in [0.4, 0.5) is 0 Å². The number of para-hydroxylation sites is 1. The van der Waals surface area contributed by atoms with Gasteiger partial charge >= 0.3 is 0 Å². The van der Waals surface area contributed by atoms with Gasteiger partial charge in [0.2, 0.25) is 0 Å². The van der Waals surface area contributed by atoms with Gasteiger partial charge in [0.15, 0.2) is 0 Å². The molecule has 0 aliphatic carbocycles. The van der Waals surface area contributed by atoms with Crippen LogP contribution < -0.4 is 4.74 Å². The van der Waals surface area contributed by atoms with Crippen molar-refractivity contribution in [3.8, 4) is 28.7 Å². The molecule has 3 aromatic rings. The molecular formula is C18H11ClN2O. The third kappa shape index (κ3) is 2.93. The zero-order valence-electron chi connectivity index (χ0n) is 11.5. The van der Waals surface area contributed by atoms with Crippen LogP contribution >= 0.6 is 11.6 Å². The summed E-state index contributed by atoms with van der Waals surface area (Å²) in [6, 6.07) is 20.9. The van der Waals surface area contributed by atoms with Crippen LogP contribution in [0.15, 0.2) is 66.9 Å². The first kappa shape index (κ1) is 14.1. The van der Waals surface area contributed by atoms with E-state index >= 15 is 0 Å². The summed E-state index contributed by atoms with van der Waals surface area (Å²) in [4.78, 5) is 3.93. The van der Waals surface area contributed by atoms with Crippen molar-refractivity contribution in [3.05, 3.63) is 77.6 Å². The molecule has 0 spiro atoms. The van der Waals surface area contributed by atoms with E-state index in [2.05, 4.69) is 11.1 Å². The van der Waals surface area contributed by atoms with E-state index in [9.17, 15) is 5.26 Å². The highest BCUT2D eigenvalue weighted by Gasteiger charge is 2.09. The number of aromatic nitrogens is 1. The van der Waals surface area contributed by atoms with Crippen molar-refractivity contribution in [2.45, 2.75) is 0 Å². The first-order chi connectivity index (χ1) is 10.8. The van der Waals surface area contributed by atoms with Crippen molar-refractivity contribution in [2.24, 2.45) is 0 Å². The predicted octanol–water partition coefficient (Wildman–Crippen LogP) is 5.07. The molecule has 22 heavy (non-hydrogen) atoms. The Bertz CT molecular complexity index is 824. The van der Waals surface area contributed by atoms with Crippen LogP contribution in [-0.2, 0) is 0 Å². The normalized spacial score (nSPS) is 10.0. The average Bonchev–Trinajstić information content (AvgIpc) is 2.56. The van der Waals surface area contributed by atoms with Crippen LogP contribution in [0.3, 0.4) is 0 Å². The van der Waals surface area contributed by atoms with Gasteiger partial charge in [0.05, 0.1) is 5.56 Å². The van der Waals surface area contributed by atoms with Gasteiger partial charge in [0, 0.05) is 11.8 Å². The molecule has 0 saturated heterocycles. The Morgan fingerprint density at radius 1 is 0.909 bits per heavy atom. The van der Waals surface area contributed by atoms with E-state index in [1.807, 2.05) is 54.6 Å². The molecule has 0 unspecified atom stereocenters. The molecule has 0 N–H and O–H groups in total. The summed E-state index contributed by atoms with van der Waals surface area (Å²) in [5, 5.41) is 9.42. The number of pyridine rings is 1. The SMILES string of the molecule is N#Cc1c(-c2ccc(Oc3ccccc3)cc2)ccnc1Cl. The Morgan fingerprint density at radius 3 is 2.27 bits per heavy atom. The lowest BCUT2D eigenvalue weighted by Crippen LogP contribution is -1.89. The van der Waals surface area contributed by atoms with Crippen LogP contribution in [0, 0.1) is 11.3 Å². The van der Waals surface area contributed by atoms with E-state index < -0.39 is 0 Å². The molecule has 3 nitrogen and oxygen atoms in total. The molecule has 1 aromatic heterocycles. The highest BCUT2D eigenvalue weighted by atomic mass is 35.5. The summed E-state index contributed by atoms with van der Waals surface area (Å²) in [5.41, 5.74) is 2.02. The van der Waals surface area contributed by atoms with Crippen LogP contribution in [-0.4, -0.2) is 4.98 Å². The molecular weight excluding hydrogens is 296 g/mol. The minimum absolute atomic E-state index is 0.213. The second kappa shape index (κ2) is 6.30. The van der Waals surface area contributed by atoms with Gasteiger partial charge < -0.3 is 4.74 Å². The Balaban J connectivity index is 1.89. The molecule has 4 heteroatoms. The second-order valence-electron chi connectivity index (χ2n) is 4.58. The fraction of sp³-hybridized carbons (Fsp3) is 0. The van der Waals surface area contributed by atoms with Crippen LogP contribution in [0.1, 0.15) is 5.56 Å². The number of benzene rings is 2. The fourth-order valence-electron chi connectivity index (χ4n) is 2.11. The summed E-state index contributed by atoms with van der Waals surface area (Å²) in [7, 11) is 0. The van der Waals surface area contributed by atoms with E-state index in [1.54, 1.807) is 12.3 Å². The molecule has 0 fully saturated rings. The number of halogens is 1. The number of ether oxygens (including phenoxy) is 1. The largest absolute Gasteiger partial charge is 0.457 e.